The summed E-state index contributed by atoms with van der Waals surface area (Å²) in [6.45, 7) is 3.50. The summed E-state index contributed by atoms with van der Waals surface area (Å²) in [6.07, 6.45) is 4.88. The molecule has 1 fully saturated rings. The van der Waals surface area contributed by atoms with Gasteiger partial charge in [0.1, 0.15) is 6.61 Å². The van der Waals surface area contributed by atoms with Crippen molar-refractivity contribution < 1.29 is 9.53 Å². The zero-order valence-corrected chi connectivity index (χ0v) is 10.9. The molecule has 0 aliphatic heterocycles. The number of hydrogen-bond acceptors (Lipinski definition) is 2. The Morgan fingerprint density at radius 3 is 2.67 bits per heavy atom. The molecule has 0 unspecified atom stereocenters. The summed E-state index contributed by atoms with van der Waals surface area (Å²) in [5.41, 5.74) is 0. The molecule has 0 radical (unpaired) electrons. The van der Waals surface area contributed by atoms with Gasteiger partial charge in [0.15, 0.2) is 0 Å². The lowest BCUT2D eigenvalue weighted by molar-refractivity contribution is -0.125. The minimum atomic E-state index is 0.0119. The molecule has 1 rings (SSSR count). The summed E-state index contributed by atoms with van der Waals surface area (Å²) in [5, 5.41) is 2.92. The molecule has 0 aromatic rings. The second-order valence-electron chi connectivity index (χ2n) is 4.06. The minimum absolute atomic E-state index is 0.0119. The van der Waals surface area contributed by atoms with Crippen molar-refractivity contribution in [2.45, 2.75) is 37.4 Å². The van der Waals surface area contributed by atoms with Crippen molar-refractivity contribution in [1.82, 2.24) is 5.32 Å². The fraction of sp³-hybridized carbons (Fsp3) is 0.909. The van der Waals surface area contributed by atoms with Gasteiger partial charge < -0.3 is 10.1 Å². The fourth-order valence-corrected chi connectivity index (χ4v) is 2.36. The molecule has 3 nitrogen and oxygen atoms in total. The number of alkyl halides is 1. The average Bonchev–Trinajstić information content (AvgIpc) is 2.25. The van der Waals surface area contributed by atoms with Crippen LogP contribution in [-0.4, -0.2) is 30.5 Å². The highest BCUT2D eigenvalue weighted by atomic mass is 79.9. The first-order valence-corrected chi connectivity index (χ1v) is 6.62. The molecule has 1 N–H and O–H groups in total. The van der Waals surface area contributed by atoms with Crippen molar-refractivity contribution in [2.24, 2.45) is 5.92 Å². The molecule has 88 valence electrons. The van der Waals surface area contributed by atoms with Gasteiger partial charge in [0.05, 0.1) is 0 Å². The summed E-state index contributed by atoms with van der Waals surface area (Å²) < 4.78 is 5.03. The summed E-state index contributed by atoms with van der Waals surface area (Å²) >= 11 is 3.62. The molecule has 0 aromatic heterocycles. The number of hydrogen-bond donors (Lipinski definition) is 1. The average molecular weight is 278 g/mol. The fourth-order valence-electron chi connectivity index (χ4n) is 1.83. The summed E-state index contributed by atoms with van der Waals surface area (Å²) in [7, 11) is 0. The monoisotopic (exact) mass is 277 g/mol. The highest BCUT2D eigenvalue weighted by Gasteiger charge is 2.19. The van der Waals surface area contributed by atoms with Gasteiger partial charge in [0.2, 0.25) is 5.91 Å². The van der Waals surface area contributed by atoms with E-state index < -0.39 is 0 Å². The molecule has 1 amide bonds. The maximum atomic E-state index is 11.3. The molecule has 0 saturated heterocycles. The van der Waals surface area contributed by atoms with Crippen LogP contribution in [0.25, 0.3) is 0 Å². The molecule has 0 heterocycles. The van der Waals surface area contributed by atoms with E-state index >= 15 is 0 Å². The minimum Gasteiger partial charge on any atom is -0.372 e. The molecule has 15 heavy (non-hydrogen) atoms. The molecule has 1 aliphatic rings. The van der Waals surface area contributed by atoms with Crippen LogP contribution in [0.5, 0.6) is 0 Å². The Bertz CT molecular complexity index is 191. The van der Waals surface area contributed by atoms with Crippen LogP contribution in [0.2, 0.25) is 0 Å². The highest BCUT2D eigenvalue weighted by Crippen LogP contribution is 2.27. The van der Waals surface area contributed by atoms with Gasteiger partial charge in [0.25, 0.3) is 0 Å². The van der Waals surface area contributed by atoms with E-state index in [1.54, 1.807) is 0 Å². The zero-order chi connectivity index (χ0) is 11.1. The molecule has 1 saturated carbocycles. The maximum Gasteiger partial charge on any atom is 0.246 e. The van der Waals surface area contributed by atoms with Crippen LogP contribution >= 0.6 is 15.9 Å². The van der Waals surface area contributed by atoms with Crippen LogP contribution in [0, 0.1) is 5.92 Å². The Kier molecular flexibility index (Phi) is 6.25. The first kappa shape index (κ1) is 13.0. The third-order valence-corrected chi connectivity index (χ3v) is 3.72. The Hall–Kier alpha value is -0.0900. The Morgan fingerprint density at radius 2 is 2.07 bits per heavy atom. The van der Waals surface area contributed by atoms with E-state index in [9.17, 15) is 4.79 Å². The number of ether oxygens (including phenoxy) is 1. The van der Waals surface area contributed by atoms with Crippen LogP contribution in [-0.2, 0) is 9.53 Å². The van der Waals surface area contributed by atoms with E-state index in [0.717, 1.165) is 6.54 Å². The van der Waals surface area contributed by atoms with Crippen LogP contribution in [0.15, 0.2) is 0 Å². The highest BCUT2D eigenvalue weighted by molar-refractivity contribution is 9.09. The third kappa shape index (κ3) is 5.52. The van der Waals surface area contributed by atoms with Crippen LogP contribution in [0.1, 0.15) is 32.6 Å². The SMILES string of the molecule is CCOCC(=O)NCC1CCC(Br)CC1. The van der Waals surface area contributed by atoms with Gasteiger partial charge in [-0.1, -0.05) is 15.9 Å². The third-order valence-electron chi connectivity index (χ3n) is 2.80. The smallest absolute Gasteiger partial charge is 0.246 e. The molecule has 0 atom stereocenters. The second-order valence-corrected chi connectivity index (χ2v) is 5.35. The van der Waals surface area contributed by atoms with Crippen LogP contribution in [0.4, 0.5) is 0 Å². The number of carbonyl (C=O) groups is 1. The van der Waals surface area contributed by atoms with Crippen molar-refractivity contribution in [3.8, 4) is 0 Å². The number of rotatable bonds is 5. The van der Waals surface area contributed by atoms with Crippen molar-refractivity contribution >= 4 is 21.8 Å². The normalized spacial score (nSPS) is 26.3. The topological polar surface area (TPSA) is 38.3 Å². The lowest BCUT2D eigenvalue weighted by Crippen LogP contribution is -2.33. The van der Waals surface area contributed by atoms with Gasteiger partial charge in [-0.3, -0.25) is 4.79 Å². The maximum absolute atomic E-state index is 11.3. The number of nitrogens with one attached hydrogen (secondary N) is 1. The van der Waals surface area contributed by atoms with E-state index in [-0.39, 0.29) is 12.5 Å². The van der Waals surface area contributed by atoms with Gasteiger partial charge in [-0.25, -0.2) is 0 Å². The van der Waals surface area contributed by atoms with Gasteiger partial charge in [-0.15, -0.1) is 0 Å². The Morgan fingerprint density at radius 1 is 1.40 bits per heavy atom. The second kappa shape index (κ2) is 7.23. The van der Waals surface area contributed by atoms with Crippen molar-refractivity contribution in [3.63, 3.8) is 0 Å². The molecule has 1 aliphatic carbocycles. The molecule has 4 heteroatoms. The largest absolute Gasteiger partial charge is 0.372 e. The predicted molar refractivity (Wildman–Crippen MR) is 64.2 cm³/mol. The van der Waals surface area contributed by atoms with Crippen molar-refractivity contribution in [2.75, 3.05) is 19.8 Å². The van der Waals surface area contributed by atoms with Crippen LogP contribution in [0.3, 0.4) is 0 Å². The number of halogens is 1. The van der Waals surface area contributed by atoms with Gasteiger partial charge in [-0.05, 0) is 38.5 Å². The molecular weight excluding hydrogens is 258 g/mol. The lowest BCUT2D eigenvalue weighted by atomic mass is 9.89. The summed E-state index contributed by atoms with van der Waals surface area (Å²) in [5.74, 6) is 0.669. The van der Waals surface area contributed by atoms with E-state index in [2.05, 4.69) is 21.2 Å². The first-order chi connectivity index (χ1) is 7.22. The zero-order valence-electron chi connectivity index (χ0n) is 9.30. The molecular formula is C11H20BrNO2. The van der Waals surface area contributed by atoms with Gasteiger partial charge in [-0.2, -0.15) is 0 Å². The molecule has 0 aromatic carbocycles. The predicted octanol–water partition coefficient (Wildman–Crippen LogP) is 2.09. The van der Waals surface area contributed by atoms with Gasteiger partial charge in [0, 0.05) is 18.0 Å². The van der Waals surface area contributed by atoms with E-state index in [1.165, 1.54) is 25.7 Å². The van der Waals surface area contributed by atoms with Gasteiger partial charge >= 0.3 is 0 Å². The first-order valence-electron chi connectivity index (χ1n) is 5.71. The quantitative estimate of drug-likeness (QED) is 0.782. The van der Waals surface area contributed by atoms with Crippen LogP contribution < -0.4 is 5.32 Å². The van der Waals surface area contributed by atoms with Crippen molar-refractivity contribution in [3.05, 3.63) is 0 Å². The molecule has 0 bridgehead atoms. The number of carbonyl (C=O) groups excluding carboxylic acids is 1. The summed E-state index contributed by atoms with van der Waals surface area (Å²) in [6, 6.07) is 0. The molecule has 0 spiro atoms. The summed E-state index contributed by atoms with van der Waals surface area (Å²) in [4.78, 5) is 12.0. The Labute approximate surface area is 100 Å². The number of amides is 1. The van der Waals surface area contributed by atoms with E-state index in [4.69, 9.17) is 4.74 Å². The standard InChI is InChI=1S/C11H20BrNO2/c1-2-15-8-11(14)13-7-9-3-5-10(12)6-4-9/h9-10H,2-8H2,1H3,(H,13,14). The lowest BCUT2D eigenvalue weighted by Gasteiger charge is -2.25. The van der Waals surface area contributed by atoms with E-state index in [1.807, 2.05) is 6.92 Å². The Balaban J connectivity index is 2.06. The van der Waals surface area contributed by atoms with Crippen molar-refractivity contribution in [1.29, 1.82) is 0 Å². The van der Waals surface area contributed by atoms with E-state index in [0.29, 0.717) is 17.4 Å².